The van der Waals surface area contributed by atoms with Gasteiger partial charge in [-0.1, -0.05) is 28.6 Å². The molecule has 0 N–H and O–H groups in total. The number of thioether (sulfide) groups is 1. The molecule has 0 saturated heterocycles. The van der Waals surface area contributed by atoms with Gasteiger partial charge in [-0.05, 0) is 25.3 Å². The zero-order valence-corrected chi connectivity index (χ0v) is 11.8. The number of benzene rings is 1. The normalized spacial score (nSPS) is 11.7. The lowest BCUT2D eigenvalue weighted by Gasteiger charge is -2.07. The van der Waals surface area contributed by atoms with Crippen LogP contribution in [0.15, 0.2) is 35.6 Å². The molecule has 0 aliphatic carbocycles. The van der Waals surface area contributed by atoms with Gasteiger partial charge in [-0.2, -0.15) is 13.2 Å². The Morgan fingerprint density at radius 2 is 1.85 bits per heavy atom. The molecule has 0 spiro atoms. The fraction of sp³-hybridized carbons (Fsp3) is 0.308. The molecule has 0 amide bonds. The summed E-state index contributed by atoms with van der Waals surface area (Å²) in [6, 6.07) is 4.98. The van der Waals surface area contributed by atoms with E-state index >= 15 is 0 Å². The standard InChI is InChI=1S/C13H13F3N3S/c1-3-19-8-11(17-12(18-19)20-2)9-4-6-10(7-5-9)13(14,15)16/h4-8H,3H2,1-2H3/q+1. The Morgan fingerprint density at radius 3 is 2.35 bits per heavy atom. The first-order chi connectivity index (χ1) is 9.44. The van der Waals surface area contributed by atoms with E-state index in [1.54, 1.807) is 10.9 Å². The van der Waals surface area contributed by atoms with Gasteiger partial charge >= 0.3 is 6.18 Å². The predicted octanol–water partition coefficient (Wildman–Crippen LogP) is 3.19. The topological polar surface area (TPSA) is 29.7 Å². The molecule has 0 unspecified atom stereocenters. The van der Waals surface area contributed by atoms with Crippen LogP contribution in [0.1, 0.15) is 12.5 Å². The van der Waals surface area contributed by atoms with Gasteiger partial charge in [0.05, 0.1) is 5.56 Å². The SMILES string of the molecule is CC[n+]1cc(-c2ccc(C(F)(F)F)cc2)nc(SC)n1. The van der Waals surface area contributed by atoms with Crippen molar-refractivity contribution in [1.82, 2.24) is 10.1 Å². The number of nitrogens with zero attached hydrogens (tertiary/aromatic N) is 3. The van der Waals surface area contributed by atoms with Crippen LogP contribution >= 0.6 is 11.8 Å². The van der Waals surface area contributed by atoms with Crippen molar-refractivity contribution in [3.05, 3.63) is 36.0 Å². The summed E-state index contributed by atoms with van der Waals surface area (Å²) in [6.07, 6.45) is -0.744. The van der Waals surface area contributed by atoms with E-state index in [4.69, 9.17) is 0 Å². The van der Waals surface area contributed by atoms with Crippen LogP contribution in [0.5, 0.6) is 0 Å². The molecule has 2 aromatic rings. The third-order valence-electron chi connectivity index (χ3n) is 2.72. The Hall–Kier alpha value is -1.63. The smallest absolute Gasteiger partial charge is 0.211 e. The van der Waals surface area contributed by atoms with Crippen molar-refractivity contribution in [2.45, 2.75) is 24.8 Å². The number of halogens is 3. The Balaban J connectivity index is 2.41. The molecule has 3 nitrogen and oxygen atoms in total. The quantitative estimate of drug-likeness (QED) is 0.644. The summed E-state index contributed by atoms with van der Waals surface area (Å²) in [5.41, 5.74) is 0.585. The fourth-order valence-corrected chi connectivity index (χ4v) is 2.03. The number of aryl methyl sites for hydroxylation is 1. The molecular weight excluding hydrogens is 287 g/mol. The predicted molar refractivity (Wildman–Crippen MR) is 70.1 cm³/mol. The zero-order valence-electron chi connectivity index (χ0n) is 11.0. The molecule has 7 heteroatoms. The first-order valence-corrected chi connectivity index (χ1v) is 7.17. The maximum Gasteiger partial charge on any atom is 0.416 e. The second-order valence-electron chi connectivity index (χ2n) is 4.04. The van der Waals surface area contributed by atoms with E-state index in [9.17, 15) is 13.2 Å². The summed E-state index contributed by atoms with van der Waals surface area (Å²) < 4.78 is 39.3. The lowest BCUT2D eigenvalue weighted by molar-refractivity contribution is -0.754. The Bertz CT molecular complexity index is 575. The fourth-order valence-electron chi connectivity index (χ4n) is 1.65. The van der Waals surface area contributed by atoms with Gasteiger partial charge in [-0.15, -0.1) is 0 Å². The van der Waals surface area contributed by atoms with E-state index in [-0.39, 0.29) is 0 Å². The Kier molecular flexibility index (Phi) is 4.27. The molecular formula is C13H13F3N3S+. The molecule has 0 aliphatic rings. The molecule has 2 rings (SSSR count). The summed E-state index contributed by atoms with van der Waals surface area (Å²) >= 11 is 1.39. The zero-order chi connectivity index (χ0) is 14.8. The molecule has 1 heterocycles. The van der Waals surface area contributed by atoms with Gasteiger partial charge < -0.3 is 0 Å². The summed E-state index contributed by atoms with van der Waals surface area (Å²) in [5, 5.41) is 4.83. The average molecular weight is 300 g/mol. The largest absolute Gasteiger partial charge is 0.416 e. The van der Waals surface area contributed by atoms with E-state index in [1.165, 1.54) is 23.9 Å². The monoisotopic (exact) mass is 300 g/mol. The lowest BCUT2D eigenvalue weighted by atomic mass is 10.1. The van der Waals surface area contributed by atoms with Crippen LogP contribution in [0.2, 0.25) is 0 Å². The Morgan fingerprint density at radius 1 is 1.20 bits per heavy atom. The second kappa shape index (κ2) is 5.78. The molecule has 20 heavy (non-hydrogen) atoms. The number of aromatic nitrogens is 3. The first-order valence-electron chi connectivity index (χ1n) is 5.94. The van der Waals surface area contributed by atoms with Crippen LogP contribution < -0.4 is 4.68 Å². The second-order valence-corrected chi connectivity index (χ2v) is 4.82. The maximum atomic E-state index is 12.5. The molecule has 0 bridgehead atoms. The Labute approximate surface area is 118 Å². The minimum atomic E-state index is -4.32. The first kappa shape index (κ1) is 14.8. The van der Waals surface area contributed by atoms with Gasteiger partial charge in [0.25, 0.3) is 5.16 Å². The maximum absolute atomic E-state index is 12.5. The van der Waals surface area contributed by atoms with E-state index in [0.717, 1.165) is 12.1 Å². The lowest BCUT2D eigenvalue weighted by Crippen LogP contribution is -2.37. The van der Waals surface area contributed by atoms with Crippen LogP contribution in [0.3, 0.4) is 0 Å². The van der Waals surface area contributed by atoms with E-state index in [2.05, 4.69) is 10.1 Å². The molecule has 0 radical (unpaired) electrons. The van der Waals surface area contributed by atoms with Crippen molar-refractivity contribution >= 4 is 11.8 Å². The molecule has 106 valence electrons. The van der Waals surface area contributed by atoms with E-state index < -0.39 is 11.7 Å². The van der Waals surface area contributed by atoms with Gasteiger partial charge in [-0.25, -0.2) is 4.98 Å². The van der Waals surface area contributed by atoms with Crippen molar-refractivity contribution in [3.8, 4) is 11.3 Å². The van der Waals surface area contributed by atoms with Gasteiger partial charge in [0.2, 0.25) is 6.20 Å². The number of alkyl halides is 3. The third kappa shape index (κ3) is 3.27. The third-order valence-corrected chi connectivity index (χ3v) is 3.25. The van der Waals surface area contributed by atoms with Crippen molar-refractivity contribution in [2.75, 3.05) is 6.26 Å². The summed E-state index contributed by atoms with van der Waals surface area (Å²) in [6.45, 7) is 2.61. The van der Waals surface area contributed by atoms with Crippen LogP contribution in [0.25, 0.3) is 11.3 Å². The summed E-state index contributed by atoms with van der Waals surface area (Å²) in [4.78, 5) is 4.31. The van der Waals surface area contributed by atoms with E-state index in [1.807, 2.05) is 13.2 Å². The minimum Gasteiger partial charge on any atom is -0.211 e. The number of rotatable bonds is 3. The van der Waals surface area contributed by atoms with Gasteiger partial charge in [0.1, 0.15) is 5.69 Å². The molecule has 0 aliphatic heterocycles. The number of hydrogen-bond acceptors (Lipinski definition) is 3. The minimum absolute atomic E-state index is 0.587. The summed E-state index contributed by atoms with van der Waals surface area (Å²) in [7, 11) is 0. The van der Waals surface area contributed by atoms with Gasteiger partial charge in [-0.3, -0.25) is 0 Å². The van der Waals surface area contributed by atoms with Crippen molar-refractivity contribution in [3.63, 3.8) is 0 Å². The van der Waals surface area contributed by atoms with Gasteiger partial charge in [0, 0.05) is 10.7 Å². The van der Waals surface area contributed by atoms with Crippen LogP contribution in [0.4, 0.5) is 13.2 Å². The molecule has 1 aromatic heterocycles. The van der Waals surface area contributed by atoms with Crippen molar-refractivity contribution < 1.29 is 17.9 Å². The molecule has 0 saturated carbocycles. The molecule has 0 atom stereocenters. The van der Waals surface area contributed by atoms with Crippen molar-refractivity contribution in [1.29, 1.82) is 0 Å². The van der Waals surface area contributed by atoms with Gasteiger partial charge in [0.15, 0.2) is 6.54 Å². The summed E-state index contributed by atoms with van der Waals surface area (Å²) in [5.74, 6) is 0. The number of hydrogen-bond donors (Lipinski definition) is 0. The molecule has 0 fully saturated rings. The average Bonchev–Trinajstić information content (AvgIpc) is 2.46. The van der Waals surface area contributed by atoms with Crippen LogP contribution in [-0.2, 0) is 12.7 Å². The highest BCUT2D eigenvalue weighted by molar-refractivity contribution is 7.98. The van der Waals surface area contributed by atoms with E-state index in [0.29, 0.717) is 23.0 Å². The highest BCUT2D eigenvalue weighted by atomic mass is 32.2. The van der Waals surface area contributed by atoms with Crippen LogP contribution in [-0.4, -0.2) is 16.3 Å². The van der Waals surface area contributed by atoms with Crippen molar-refractivity contribution in [2.24, 2.45) is 0 Å². The highest BCUT2D eigenvalue weighted by Gasteiger charge is 2.30. The van der Waals surface area contributed by atoms with Crippen LogP contribution in [0, 0.1) is 0 Å². The molecule has 1 aromatic carbocycles. The highest BCUT2D eigenvalue weighted by Crippen LogP contribution is 2.30.